The predicted molar refractivity (Wildman–Crippen MR) is 98.2 cm³/mol. The van der Waals surface area contributed by atoms with Crippen LogP contribution in [-0.2, 0) is 4.79 Å². The van der Waals surface area contributed by atoms with E-state index in [2.05, 4.69) is 5.32 Å². The molecule has 4 nitrogen and oxygen atoms in total. The highest BCUT2D eigenvalue weighted by Gasteiger charge is 2.21. The number of nitrogens with one attached hydrogen (secondary N) is 1. The molecule has 0 aliphatic heterocycles. The molecule has 0 bridgehead atoms. The molecule has 24 heavy (non-hydrogen) atoms. The average Bonchev–Trinajstić information content (AvgIpc) is 2.93. The Kier molecular flexibility index (Phi) is 4.58. The third kappa shape index (κ3) is 3.15. The summed E-state index contributed by atoms with van der Waals surface area (Å²) in [5.41, 5.74) is 2.72. The quantitative estimate of drug-likeness (QED) is 0.762. The number of hydrogen-bond donors (Lipinski definition) is 1. The van der Waals surface area contributed by atoms with E-state index in [1.165, 1.54) is 0 Å². The molecule has 1 heterocycles. The van der Waals surface area contributed by atoms with E-state index in [1.807, 2.05) is 69.3 Å². The molecule has 124 valence electrons. The molecule has 0 saturated heterocycles. The Morgan fingerprint density at radius 3 is 2.50 bits per heavy atom. The second-order valence-electron chi connectivity index (χ2n) is 6.16. The van der Waals surface area contributed by atoms with Crippen LogP contribution in [0.3, 0.4) is 0 Å². The molecule has 0 saturated carbocycles. The van der Waals surface area contributed by atoms with Crippen molar-refractivity contribution in [2.45, 2.75) is 32.9 Å². The number of aromatic nitrogens is 2. The molecule has 0 fully saturated rings. The van der Waals surface area contributed by atoms with Crippen LogP contribution in [-0.4, -0.2) is 21.7 Å². The number of carbonyl (C=O) groups is 1. The summed E-state index contributed by atoms with van der Waals surface area (Å²) < 4.78 is 1.77. The first-order valence-corrected chi connectivity index (χ1v) is 8.38. The minimum atomic E-state index is -0.409. The number of carbonyl (C=O) groups excluding carboxylic acids is 1. The van der Waals surface area contributed by atoms with Crippen molar-refractivity contribution >= 4 is 28.4 Å². The van der Waals surface area contributed by atoms with Gasteiger partial charge in [0.1, 0.15) is 11.7 Å². The van der Waals surface area contributed by atoms with Gasteiger partial charge in [-0.2, -0.15) is 5.10 Å². The van der Waals surface area contributed by atoms with Crippen molar-refractivity contribution in [3.05, 3.63) is 53.6 Å². The van der Waals surface area contributed by atoms with Gasteiger partial charge in [0, 0.05) is 22.0 Å². The number of amides is 1. The van der Waals surface area contributed by atoms with Crippen LogP contribution in [0.1, 0.15) is 26.8 Å². The van der Waals surface area contributed by atoms with Crippen molar-refractivity contribution in [3.8, 4) is 11.3 Å². The van der Waals surface area contributed by atoms with E-state index in [4.69, 9.17) is 16.7 Å². The molecule has 0 radical (unpaired) electrons. The molecule has 1 N–H and O–H groups in total. The Hall–Kier alpha value is -2.33. The maximum absolute atomic E-state index is 12.4. The molecule has 1 amide bonds. The largest absolute Gasteiger partial charge is 0.352 e. The van der Waals surface area contributed by atoms with E-state index >= 15 is 0 Å². The second kappa shape index (κ2) is 6.65. The van der Waals surface area contributed by atoms with E-state index < -0.39 is 6.04 Å². The molecular formula is C19H20ClN3O. The van der Waals surface area contributed by atoms with Crippen molar-refractivity contribution in [3.63, 3.8) is 0 Å². The first kappa shape index (κ1) is 16.5. The lowest BCUT2D eigenvalue weighted by Crippen LogP contribution is -2.36. The monoisotopic (exact) mass is 341 g/mol. The molecule has 1 aromatic heterocycles. The normalized spacial score (nSPS) is 12.5. The number of hydrogen-bond acceptors (Lipinski definition) is 2. The summed E-state index contributed by atoms with van der Waals surface area (Å²) in [5.74, 6) is -0.0519. The van der Waals surface area contributed by atoms with Gasteiger partial charge in [-0.1, -0.05) is 41.9 Å². The van der Waals surface area contributed by atoms with Gasteiger partial charge in [0.15, 0.2) is 0 Å². The van der Waals surface area contributed by atoms with Crippen LogP contribution in [0.5, 0.6) is 0 Å². The van der Waals surface area contributed by atoms with Crippen LogP contribution in [0, 0.1) is 0 Å². The summed E-state index contributed by atoms with van der Waals surface area (Å²) in [6.07, 6.45) is 0. The van der Waals surface area contributed by atoms with Gasteiger partial charge in [0.05, 0.1) is 5.52 Å². The van der Waals surface area contributed by atoms with Gasteiger partial charge in [-0.25, -0.2) is 0 Å². The van der Waals surface area contributed by atoms with Crippen molar-refractivity contribution in [2.24, 2.45) is 0 Å². The second-order valence-corrected chi connectivity index (χ2v) is 6.60. The lowest BCUT2D eigenvalue weighted by Gasteiger charge is -2.15. The Labute approximate surface area is 146 Å². The fourth-order valence-corrected chi connectivity index (χ4v) is 2.91. The Morgan fingerprint density at radius 2 is 1.83 bits per heavy atom. The molecule has 1 atom stereocenters. The summed E-state index contributed by atoms with van der Waals surface area (Å²) in [7, 11) is 0. The molecule has 1 unspecified atom stereocenters. The van der Waals surface area contributed by atoms with Gasteiger partial charge in [0.25, 0.3) is 0 Å². The molecule has 0 aliphatic rings. The maximum Gasteiger partial charge on any atom is 0.244 e. The lowest BCUT2D eigenvalue weighted by molar-refractivity contribution is -0.124. The van der Waals surface area contributed by atoms with Crippen molar-refractivity contribution < 1.29 is 4.79 Å². The molecule has 0 spiro atoms. The molecule has 3 aromatic rings. The summed E-state index contributed by atoms with van der Waals surface area (Å²) in [6.45, 7) is 5.75. The fourth-order valence-electron chi connectivity index (χ4n) is 2.73. The van der Waals surface area contributed by atoms with Crippen molar-refractivity contribution in [2.75, 3.05) is 0 Å². The summed E-state index contributed by atoms with van der Waals surface area (Å²) in [6, 6.07) is 15.2. The summed E-state index contributed by atoms with van der Waals surface area (Å²) in [4.78, 5) is 12.4. The van der Waals surface area contributed by atoms with Crippen molar-refractivity contribution in [1.82, 2.24) is 15.1 Å². The van der Waals surface area contributed by atoms with Gasteiger partial charge < -0.3 is 5.32 Å². The first-order chi connectivity index (χ1) is 11.5. The number of benzene rings is 2. The summed E-state index contributed by atoms with van der Waals surface area (Å²) >= 11 is 6.18. The number of nitrogens with zero attached hydrogens (tertiary/aromatic N) is 2. The van der Waals surface area contributed by atoms with Crippen LogP contribution in [0.2, 0.25) is 5.02 Å². The van der Waals surface area contributed by atoms with Gasteiger partial charge in [-0.3, -0.25) is 9.48 Å². The van der Waals surface area contributed by atoms with E-state index in [0.29, 0.717) is 5.02 Å². The Bertz CT molecular complexity index is 871. The average molecular weight is 342 g/mol. The van der Waals surface area contributed by atoms with Crippen LogP contribution < -0.4 is 5.32 Å². The fraction of sp³-hybridized carbons (Fsp3) is 0.263. The molecule has 5 heteroatoms. The van der Waals surface area contributed by atoms with E-state index in [-0.39, 0.29) is 11.9 Å². The minimum Gasteiger partial charge on any atom is -0.352 e. The highest BCUT2D eigenvalue weighted by atomic mass is 35.5. The molecular weight excluding hydrogens is 322 g/mol. The van der Waals surface area contributed by atoms with Crippen LogP contribution in [0.25, 0.3) is 22.2 Å². The van der Waals surface area contributed by atoms with Crippen LogP contribution >= 0.6 is 11.6 Å². The predicted octanol–water partition coefficient (Wildman–Crippen LogP) is 4.44. The van der Waals surface area contributed by atoms with E-state index in [9.17, 15) is 4.79 Å². The highest BCUT2D eigenvalue weighted by Crippen LogP contribution is 2.31. The standard InChI is InChI=1S/C19H20ClN3O/c1-12(2)21-19(24)13(3)23-17-10-9-15(20)11-16(17)18(22-23)14-7-5-4-6-8-14/h4-13H,1-3H3,(H,21,24). The third-order valence-electron chi connectivity index (χ3n) is 3.89. The zero-order chi connectivity index (χ0) is 17.3. The van der Waals surface area contributed by atoms with E-state index in [1.54, 1.807) is 4.68 Å². The minimum absolute atomic E-state index is 0.0519. The Morgan fingerprint density at radius 1 is 1.12 bits per heavy atom. The molecule has 3 rings (SSSR count). The SMILES string of the molecule is CC(C)NC(=O)C(C)n1nc(-c2ccccc2)c2cc(Cl)ccc21. The number of halogens is 1. The van der Waals surface area contributed by atoms with Crippen LogP contribution in [0.15, 0.2) is 48.5 Å². The van der Waals surface area contributed by atoms with Gasteiger partial charge in [0.2, 0.25) is 5.91 Å². The maximum atomic E-state index is 12.4. The smallest absolute Gasteiger partial charge is 0.244 e. The number of rotatable bonds is 4. The highest BCUT2D eigenvalue weighted by molar-refractivity contribution is 6.31. The Balaban J connectivity index is 2.14. The first-order valence-electron chi connectivity index (χ1n) is 8.01. The van der Waals surface area contributed by atoms with Gasteiger partial charge in [-0.05, 0) is 39.0 Å². The van der Waals surface area contributed by atoms with Gasteiger partial charge in [-0.15, -0.1) is 0 Å². The van der Waals surface area contributed by atoms with E-state index in [0.717, 1.165) is 22.2 Å². The zero-order valence-electron chi connectivity index (χ0n) is 14.0. The van der Waals surface area contributed by atoms with Crippen molar-refractivity contribution in [1.29, 1.82) is 0 Å². The topological polar surface area (TPSA) is 46.9 Å². The number of fused-ring (bicyclic) bond motifs is 1. The van der Waals surface area contributed by atoms with Crippen LogP contribution in [0.4, 0.5) is 0 Å². The third-order valence-corrected chi connectivity index (χ3v) is 4.13. The molecule has 0 aliphatic carbocycles. The molecule has 2 aromatic carbocycles. The lowest BCUT2D eigenvalue weighted by atomic mass is 10.1. The summed E-state index contributed by atoms with van der Waals surface area (Å²) in [5, 5.41) is 9.26. The van der Waals surface area contributed by atoms with Gasteiger partial charge >= 0.3 is 0 Å². The zero-order valence-corrected chi connectivity index (χ0v) is 14.7.